The van der Waals surface area contributed by atoms with Crippen molar-refractivity contribution in [2.75, 3.05) is 39.5 Å². The van der Waals surface area contributed by atoms with E-state index in [-0.39, 0.29) is 5.91 Å². The zero-order valence-corrected chi connectivity index (χ0v) is 13.1. The van der Waals surface area contributed by atoms with Crippen molar-refractivity contribution < 1.29 is 4.79 Å². The third kappa shape index (κ3) is 6.06. The molecule has 0 aliphatic heterocycles. The molecule has 0 spiro atoms. The van der Waals surface area contributed by atoms with Gasteiger partial charge < -0.3 is 15.5 Å². The summed E-state index contributed by atoms with van der Waals surface area (Å²) in [6.07, 6.45) is 0.422. The van der Waals surface area contributed by atoms with Crippen LogP contribution in [0.2, 0.25) is 0 Å². The summed E-state index contributed by atoms with van der Waals surface area (Å²) in [5, 5.41) is 0. The minimum absolute atomic E-state index is 0.172. The van der Waals surface area contributed by atoms with Gasteiger partial charge in [-0.25, -0.2) is 0 Å². The Kier molecular flexibility index (Phi) is 6.52. The molecule has 0 fully saturated rings. The molecule has 1 amide bonds. The zero-order valence-electron chi connectivity index (χ0n) is 13.1. The average molecular weight is 277 g/mol. The number of rotatable bonds is 7. The Morgan fingerprint density at radius 2 is 1.95 bits per heavy atom. The number of anilines is 1. The number of nitrogens with zero attached hydrogens (tertiary/aromatic N) is 2. The minimum Gasteiger partial charge on any atom is -0.399 e. The minimum atomic E-state index is 0.172. The van der Waals surface area contributed by atoms with Crippen molar-refractivity contribution in [2.24, 2.45) is 5.92 Å². The van der Waals surface area contributed by atoms with E-state index in [1.165, 1.54) is 0 Å². The van der Waals surface area contributed by atoms with E-state index < -0.39 is 0 Å². The summed E-state index contributed by atoms with van der Waals surface area (Å²) < 4.78 is 0. The fraction of sp³-hybridized carbons (Fsp3) is 0.562. The normalized spacial score (nSPS) is 11.1. The zero-order chi connectivity index (χ0) is 15.1. The highest BCUT2D eigenvalue weighted by atomic mass is 16.2. The van der Waals surface area contributed by atoms with Crippen molar-refractivity contribution in [1.29, 1.82) is 0 Å². The van der Waals surface area contributed by atoms with Crippen LogP contribution < -0.4 is 5.73 Å². The number of likely N-dealkylation sites (N-methyl/N-ethyl adjacent to an activating group) is 1. The molecule has 112 valence electrons. The molecule has 0 saturated heterocycles. The van der Waals surface area contributed by atoms with Crippen LogP contribution in [0.3, 0.4) is 0 Å². The maximum Gasteiger partial charge on any atom is 0.227 e. The monoisotopic (exact) mass is 277 g/mol. The fourth-order valence-electron chi connectivity index (χ4n) is 2.07. The van der Waals surface area contributed by atoms with E-state index in [1.54, 1.807) is 0 Å². The Bertz CT molecular complexity index is 429. The molecule has 0 saturated carbocycles. The van der Waals surface area contributed by atoms with Gasteiger partial charge in [-0.05, 0) is 37.7 Å². The van der Waals surface area contributed by atoms with E-state index in [2.05, 4.69) is 18.7 Å². The third-order valence-electron chi connectivity index (χ3n) is 3.06. The van der Waals surface area contributed by atoms with Gasteiger partial charge in [0.05, 0.1) is 6.42 Å². The summed E-state index contributed by atoms with van der Waals surface area (Å²) in [7, 11) is 4.05. The number of carbonyl (C=O) groups is 1. The van der Waals surface area contributed by atoms with E-state index in [0.717, 1.165) is 25.2 Å². The lowest BCUT2D eigenvalue weighted by Gasteiger charge is -2.26. The lowest BCUT2D eigenvalue weighted by molar-refractivity contribution is -0.131. The molecule has 1 rings (SSSR count). The van der Waals surface area contributed by atoms with Crippen LogP contribution in [-0.2, 0) is 11.2 Å². The van der Waals surface area contributed by atoms with E-state index in [0.29, 0.717) is 18.0 Å². The number of benzene rings is 1. The molecule has 0 bridgehead atoms. The molecule has 0 aliphatic rings. The first-order valence-corrected chi connectivity index (χ1v) is 7.15. The molecular weight excluding hydrogens is 250 g/mol. The summed E-state index contributed by atoms with van der Waals surface area (Å²) in [5.74, 6) is 0.646. The lowest BCUT2D eigenvalue weighted by atomic mass is 10.1. The molecule has 0 unspecified atom stereocenters. The molecule has 0 aromatic heterocycles. The second kappa shape index (κ2) is 7.90. The molecule has 0 aliphatic carbocycles. The van der Waals surface area contributed by atoms with Gasteiger partial charge in [-0.3, -0.25) is 4.79 Å². The maximum absolute atomic E-state index is 12.4. The van der Waals surface area contributed by atoms with Crippen molar-refractivity contribution in [3.63, 3.8) is 0 Å². The molecular formula is C16H27N3O. The number of carbonyl (C=O) groups excluding carboxylic acids is 1. The predicted molar refractivity (Wildman–Crippen MR) is 84.5 cm³/mol. The second-order valence-corrected chi connectivity index (χ2v) is 5.96. The Balaban J connectivity index is 2.66. The highest BCUT2D eigenvalue weighted by molar-refractivity contribution is 5.79. The highest BCUT2D eigenvalue weighted by Gasteiger charge is 2.15. The van der Waals surface area contributed by atoms with E-state index in [4.69, 9.17) is 5.73 Å². The van der Waals surface area contributed by atoms with Crippen molar-refractivity contribution in [3.8, 4) is 0 Å². The van der Waals surface area contributed by atoms with Crippen molar-refractivity contribution >= 4 is 11.6 Å². The van der Waals surface area contributed by atoms with Gasteiger partial charge in [0, 0.05) is 25.3 Å². The van der Waals surface area contributed by atoms with Crippen LogP contribution in [0.1, 0.15) is 19.4 Å². The molecule has 0 heterocycles. The lowest BCUT2D eigenvalue weighted by Crippen LogP contribution is -2.39. The third-order valence-corrected chi connectivity index (χ3v) is 3.06. The van der Waals surface area contributed by atoms with Crippen LogP contribution in [0, 0.1) is 5.92 Å². The van der Waals surface area contributed by atoms with Gasteiger partial charge in [0.2, 0.25) is 5.91 Å². The second-order valence-electron chi connectivity index (χ2n) is 5.96. The molecule has 0 radical (unpaired) electrons. The molecule has 4 heteroatoms. The smallest absolute Gasteiger partial charge is 0.227 e. The summed E-state index contributed by atoms with van der Waals surface area (Å²) in [6.45, 7) is 6.73. The van der Waals surface area contributed by atoms with Gasteiger partial charge in [0.25, 0.3) is 0 Å². The fourth-order valence-corrected chi connectivity index (χ4v) is 2.07. The van der Waals surface area contributed by atoms with Crippen LogP contribution in [0.5, 0.6) is 0 Å². The van der Waals surface area contributed by atoms with Gasteiger partial charge in [-0.15, -0.1) is 0 Å². The molecule has 1 aromatic carbocycles. The first-order chi connectivity index (χ1) is 9.38. The number of amides is 1. The van der Waals surface area contributed by atoms with E-state index >= 15 is 0 Å². The van der Waals surface area contributed by atoms with Crippen LogP contribution in [0.25, 0.3) is 0 Å². The number of hydrogen-bond acceptors (Lipinski definition) is 3. The Morgan fingerprint density at radius 1 is 1.25 bits per heavy atom. The summed E-state index contributed by atoms with van der Waals surface area (Å²) in [6, 6.07) is 7.56. The van der Waals surface area contributed by atoms with Crippen LogP contribution in [0.15, 0.2) is 24.3 Å². The first kappa shape index (κ1) is 16.5. The molecule has 2 N–H and O–H groups in total. The predicted octanol–water partition coefficient (Wildman–Crippen LogP) is 1.86. The Hall–Kier alpha value is -1.55. The standard InChI is InChI=1S/C16H27N3O/c1-13(2)12-19(9-8-18(3)4)16(20)11-14-6-5-7-15(17)10-14/h5-7,10,13H,8-9,11-12,17H2,1-4H3. The average Bonchev–Trinajstić information content (AvgIpc) is 2.33. The van der Waals surface area contributed by atoms with Crippen LogP contribution in [0.4, 0.5) is 5.69 Å². The SMILES string of the molecule is CC(C)CN(CCN(C)C)C(=O)Cc1cccc(N)c1. The topological polar surface area (TPSA) is 49.6 Å². The largest absolute Gasteiger partial charge is 0.399 e. The van der Waals surface area contributed by atoms with Crippen molar-refractivity contribution in [3.05, 3.63) is 29.8 Å². The number of nitrogen functional groups attached to an aromatic ring is 1. The molecule has 4 nitrogen and oxygen atoms in total. The number of hydrogen-bond donors (Lipinski definition) is 1. The summed E-state index contributed by atoms with van der Waals surface area (Å²) in [4.78, 5) is 16.5. The van der Waals surface area contributed by atoms with E-state index in [9.17, 15) is 4.79 Å². The van der Waals surface area contributed by atoms with Gasteiger partial charge >= 0.3 is 0 Å². The Labute approximate surface area is 122 Å². The van der Waals surface area contributed by atoms with Crippen LogP contribution in [-0.4, -0.2) is 49.4 Å². The molecule has 1 aromatic rings. The van der Waals surface area contributed by atoms with Gasteiger partial charge in [-0.2, -0.15) is 0 Å². The number of nitrogens with two attached hydrogens (primary N) is 1. The Morgan fingerprint density at radius 3 is 2.50 bits per heavy atom. The van der Waals surface area contributed by atoms with Crippen molar-refractivity contribution in [2.45, 2.75) is 20.3 Å². The van der Waals surface area contributed by atoms with Crippen LogP contribution >= 0.6 is 0 Å². The first-order valence-electron chi connectivity index (χ1n) is 7.15. The maximum atomic E-state index is 12.4. The van der Waals surface area contributed by atoms with E-state index in [1.807, 2.05) is 43.3 Å². The van der Waals surface area contributed by atoms with Gasteiger partial charge in [-0.1, -0.05) is 26.0 Å². The summed E-state index contributed by atoms with van der Waals surface area (Å²) in [5.41, 5.74) is 7.45. The van der Waals surface area contributed by atoms with Gasteiger partial charge in [0.15, 0.2) is 0 Å². The summed E-state index contributed by atoms with van der Waals surface area (Å²) >= 11 is 0. The highest BCUT2D eigenvalue weighted by Crippen LogP contribution is 2.10. The van der Waals surface area contributed by atoms with Gasteiger partial charge in [0.1, 0.15) is 0 Å². The van der Waals surface area contributed by atoms with Crippen molar-refractivity contribution in [1.82, 2.24) is 9.80 Å². The molecule has 20 heavy (non-hydrogen) atoms. The quantitative estimate of drug-likeness (QED) is 0.774. The molecule has 0 atom stereocenters.